The van der Waals surface area contributed by atoms with Gasteiger partial charge in [0, 0.05) is 25.7 Å². The zero-order valence-electron chi connectivity index (χ0n) is 9.48. The quantitative estimate of drug-likeness (QED) is 0.772. The standard InChI is InChI=1S/C12H20N2O/c1-10(2)14(8-7-13)9-11-3-5-12(15)6-4-11/h3-6,10,15H,7-9,13H2,1-2H3. The van der Waals surface area contributed by atoms with Gasteiger partial charge in [-0.15, -0.1) is 0 Å². The van der Waals surface area contributed by atoms with Gasteiger partial charge in [-0.3, -0.25) is 4.90 Å². The van der Waals surface area contributed by atoms with Crippen molar-refractivity contribution in [2.45, 2.75) is 26.4 Å². The van der Waals surface area contributed by atoms with Gasteiger partial charge in [-0.05, 0) is 31.5 Å². The third kappa shape index (κ3) is 3.90. The molecule has 0 aromatic heterocycles. The Labute approximate surface area is 91.5 Å². The van der Waals surface area contributed by atoms with Crippen LogP contribution in [0.2, 0.25) is 0 Å². The Kier molecular flexibility index (Phi) is 4.59. The summed E-state index contributed by atoms with van der Waals surface area (Å²) in [6.45, 7) is 6.79. The lowest BCUT2D eigenvalue weighted by atomic mass is 10.2. The molecule has 0 aliphatic rings. The highest BCUT2D eigenvalue weighted by molar-refractivity contribution is 5.25. The molecule has 0 unspecified atom stereocenters. The Balaban J connectivity index is 2.61. The molecular formula is C12H20N2O. The van der Waals surface area contributed by atoms with Crippen molar-refractivity contribution < 1.29 is 5.11 Å². The predicted molar refractivity (Wildman–Crippen MR) is 62.7 cm³/mol. The summed E-state index contributed by atoms with van der Waals surface area (Å²) in [6, 6.07) is 7.82. The van der Waals surface area contributed by atoms with Crippen molar-refractivity contribution in [1.82, 2.24) is 4.90 Å². The molecule has 1 rings (SSSR count). The predicted octanol–water partition coefficient (Wildman–Crippen LogP) is 1.56. The van der Waals surface area contributed by atoms with E-state index in [4.69, 9.17) is 10.8 Å². The van der Waals surface area contributed by atoms with Gasteiger partial charge in [0.15, 0.2) is 0 Å². The maximum atomic E-state index is 9.17. The molecule has 0 amide bonds. The Bertz CT molecular complexity index is 282. The lowest BCUT2D eigenvalue weighted by Gasteiger charge is -2.25. The second kappa shape index (κ2) is 5.73. The van der Waals surface area contributed by atoms with Crippen LogP contribution < -0.4 is 5.73 Å². The molecule has 0 bridgehead atoms. The zero-order valence-corrected chi connectivity index (χ0v) is 9.48. The number of benzene rings is 1. The van der Waals surface area contributed by atoms with E-state index in [9.17, 15) is 0 Å². The highest BCUT2D eigenvalue weighted by Gasteiger charge is 2.08. The summed E-state index contributed by atoms with van der Waals surface area (Å²) >= 11 is 0. The highest BCUT2D eigenvalue weighted by atomic mass is 16.3. The summed E-state index contributed by atoms with van der Waals surface area (Å²) in [5, 5.41) is 9.17. The molecule has 0 saturated carbocycles. The van der Waals surface area contributed by atoms with E-state index >= 15 is 0 Å². The first-order chi connectivity index (χ1) is 7.13. The maximum absolute atomic E-state index is 9.17. The van der Waals surface area contributed by atoms with Crippen molar-refractivity contribution in [1.29, 1.82) is 0 Å². The lowest BCUT2D eigenvalue weighted by molar-refractivity contribution is 0.219. The normalized spacial score (nSPS) is 11.3. The summed E-state index contributed by atoms with van der Waals surface area (Å²) in [7, 11) is 0. The van der Waals surface area contributed by atoms with Gasteiger partial charge in [0.25, 0.3) is 0 Å². The van der Waals surface area contributed by atoms with Gasteiger partial charge in [0.2, 0.25) is 0 Å². The fourth-order valence-corrected chi connectivity index (χ4v) is 1.52. The molecule has 0 aliphatic heterocycles. The van der Waals surface area contributed by atoms with E-state index < -0.39 is 0 Å². The van der Waals surface area contributed by atoms with Crippen LogP contribution in [0.15, 0.2) is 24.3 Å². The van der Waals surface area contributed by atoms with Crippen LogP contribution in [-0.4, -0.2) is 29.1 Å². The molecule has 0 atom stereocenters. The van der Waals surface area contributed by atoms with Crippen LogP contribution in [-0.2, 0) is 6.54 Å². The van der Waals surface area contributed by atoms with Gasteiger partial charge in [-0.1, -0.05) is 12.1 Å². The number of nitrogens with two attached hydrogens (primary N) is 1. The smallest absolute Gasteiger partial charge is 0.115 e. The minimum atomic E-state index is 0.314. The number of rotatable bonds is 5. The van der Waals surface area contributed by atoms with Crippen molar-refractivity contribution >= 4 is 0 Å². The molecule has 0 aliphatic carbocycles. The molecular weight excluding hydrogens is 188 g/mol. The van der Waals surface area contributed by atoms with Crippen LogP contribution in [0.1, 0.15) is 19.4 Å². The molecule has 84 valence electrons. The topological polar surface area (TPSA) is 49.5 Å². The van der Waals surface area contributed by atoms with Crippen molar-refractivity contribution in [3.63, 3.8) is 0 Å². The van der Waals surface area contributed by atoms with Crippen LogP contribution in [0.25, 0.3) is 0 Å². The average molecular weight is 208 g/mol. The van der Waals surface area contributed by atoms with Gasteiger partial charge in [0.05, 0.1) is 0 Å². The first kappa shape index (κ1) is 12.0. The number of hydrogen-bond acceptors (Lipinski definition) is 3. The van der Waals surface area contributed by atoms with Gasteiger partial charge >= 0.3 is 0 Å². The number of aromatic hydroxyl groups is 1. The Morgan fingerprint density at radius 1 is 1.27 bits per heavy atom. The molecule has 3 heteroatoms. The summed E-state index contributed by atoms with van der Waals surface area (Å²) in [5.41, 5.74) is 6.77. The fourth-order valence-electron chi connectivity index (χ4n) is 1.52. The van der Waals surface area contributed by atoms with Crippen molar-refractivity contribution in [2.75, 3.05) is 13.1 Å². The first-order valence-corrected chi connectivity index (χ1v) is 5.35. The van der Waals surface area contributed by atoms with E-state index in [-0.39, 0.29) is 0 Å². The molecule has 0 spiro atoms. The molecule has 0 saturated heterocycles. The molecule has 1 aromatic carbocycles. The first-order valence-electron chi connectivity index (χ1n) is 5.35. The minimum Gasteiger partial charge on any atom is -0.508 e. The van der Waals surface area contributed by atoms with Crippen molar-refractivity contribution in [2.24, 2.45) is 5.73 Å². The summed E-state index contributed by atoms with van der Waals surface area (Å²) in [5.74, 6) is 0.314. The Morgan fingerprint density at radius 2 is 1.87 bits per heavy atom. The van der Waals surface area contributed by atoms with E-state index in [2.05, 4.69) is 18.7 Å². The molecule has 0 radical (unpaired) electrons. The second-order valence-electron chi connectivity index (χ2n) is 4.02. The van der Waals surface area contributed by atoms with Crippen molar-refractivity contribution in [3.8, 4) is 5.75 Å². The molecule has 0 fully saturated rings. The second-order valence-corrected chi connectivity index (χ2v) is 4.02. The fraction of sp³-hybridized carbons (Fsp3) is 0.500. The van der Waals surface area contributed by atoms with Crippen molar-refractivity contribution in [3.05, 3.63) is 29.8 Å². The summed E-state index contributed by atoms with van der Waals surface area (Å²) in [4.78, 5) is 2.31. The van der Waals surface area contributed by atoms with Gasteiger partial charge in [0.1, 0.15) is 5.75 Å². The maximum Gasteiger partial charge on any atom is 0.115 e. The van der Waals surface area contributed by atoms with E-state index in [0.29, 0.717) is 18.3 Å². The summed E-state index contributed by atoms with van der Waals surface area (Å²) in [6.07, 6.45) is 0. The van der Waals surface area contributed by atoms with Crippen LogP contribution in [0, 0.1) is 0 Å². The zero-order chi connectivity index (χ0) is 11.3. The Hall–Kier alpha value is -1.06. The molecule has 0 heterocycles. The number of hydrogen-bond donors (Lipinski definition) is 2. The van der Waals surface area contributed by atoms with Crippen LogP contribution in [0.5, 0.6) is 5.75 Å². The van der Waals surface area contributed by atoms with Crippen LogP contribution in [0.3, 0.4) is 0 Å². The van der Waals surface area contributed by atoms with E-state index in [1.54, 1.807) is 12.1 Å². The van der Waals surface area contributed by atoms with Crippen LogP contribution in [0.4, 0.5) is 0 Å². The SMILES string of the molecule is CC(C)N(CCN)Cc1ccc(O)cc1. The lowest BCUT2D eigenvalue weighted by Crippen LogP contribution is -2.34. The molecule has 3 nitrogen and oxygen atoms in total. The van der Waals surface area contributed by atoms with E-state index in [1.807, 2.05) is 12.1 Å². The molecule has 1 aromatic rings. The van der Waals surface area contributed by atoms with E-state index in [1.165, 1.54) is 5.56 Å². The highest BCUT2D eigenvalue weighted by Crippen LogP contribution is 2.12. The number of nitrogens with zero attached hydrogens (tertiary/aromatic N) is 1. The number of phenolic OH excluding ortho intramolecular Hbond substituents is 1. The van der Waals surface area contributed by atoms with Gasteiger partial charge in [-0.25, -0.2) is 0 Å². The monoisotopic (exact) mass is 208 g/mol. The molecule has 3 N–H and O–H groups in total. The summed E-state index contributed by atoms with van der Waals surface area (Å²) < 4.78 is 0. The van der Waals surface area contributed by atoms with E-state index in [0.717, 1.165) is 13.1 Å². The third-order valence-corrected chi connectivity index (χ3v) is 2.47. The molecule has 15 heavy (non-hydrogen) atoms. The van der Waals surface area contributed by atoms with Gasteiger partial charge < -0.3 is 10.8 Å². The average Bonchev–Trinajstić information content (AvgIpc) is 2.20. The third-order valence-electron chi connectivity index (χ3n) is 2.47. The largest absolute Gasteiger partial charge is 0.508 e. The Morgan fingerprint density at radius 3 is 2.33 bits per heavy atom. The van der Waals surface area contributed by atoms with Crippen LogP contribution >= 0.6 is 0 Å². The number of phenols is 1. The van der Waals surface area contributed by atoms with Gasteiger partial charge in [-0.2, -0.15) is 0 Å². The minimum absolute atomic E-state index is 0.314.